The third kappa shape index (κ3) is 10.4. The second kappa shape index (κ2) is 14.2. The van der Waals surface area contributed by atoms with Crippen molar-refractivity contribution in [3.63, 3.8) is 0 Å². The van der Waals surface area contributed by atoms with Gasteiger partial charge in [0, 0.05) is 24.8 Å². The van der Waals surface area contributed by atoms with E-state index in [0.29, 0.717) is 31.7 Å². The Morgan fingerprint density at radius 3 is 2.29 bits per heavy atom. The monoisotopic (exact) mass is 500 g/mol. The molecule has 192 valence electrons. The fraction of sp³-hybridized carbons (Fsp3) is 0.519. The van der Waals surface area contributed by atoms with E-state index >= 15 is 0 Å². The van der Waals surface area contributed by atoms with Crippen molar-refractivity contribution in [1.29, 1.82) is 0 Å². The maximum atomic E-state index is 12.9. The Kier molecular flexibility index (Phi) is 11.0. The lowest BCUT2D eigenvalue weighted by molar-refractivity contribution is -0.123. The van der Waals surface area contributed by atoms with E-state index in [1.54, 1.807) is 0 Å². The van der Waals surface area contributed by atoms with E-state index in [2.05, 4.69) is 15.4 Å². The first-order valence-electron chi connectivity index (χ1n) is 12.8. The summed E-state index contributed by atoms with van der Waals surface area (Å²) in [6.07, 6.45) is 7.74. The number of para-hydroxylation sites is 1. The Labute approximate surface area is 210 Å². The van der Waals surface area contributed by atoms with Gasteiger partial charge in [-0.25, -0.2) is 13.1 Å². The van der Waals surface area contributed by atoms with Crippen molar-refractivity contribution >= 4 is 21.6 Å². The third-order valence-electron chi connectivity index (χ3n) is 6.59. The first-order valence-corrected chi connectivity index (χ1v) is 14.4. The molecule has 0 heterocycles. The van der Waals surface area contributed by atoms with E-state index in [0.717, 1.165) is 24.1 Å². The van der Waals surface area contributed by atoms with E-state index in [1.807, 2.05) is 60.7 Å². The molecule has 2 atom stereocenters. The highest BCUT2D eigenvalue weighted by atomic mass is 32.2. The number of amides is 1. The van der Waals surface area contributed by atoms with Crippen LogP contribution in [0.1, 0.15) is 50.5 Å². The summed E-state index contributed by atoms with van der Waals surface area (Å²) in [5.41, 5.74) is 8.28. The minimum atomic E-state index is -3.58. The van der Waals surface area contributed by atoms with Crippen molar-refractivity contribution in [3.8, 4) is 0 Å². The number of benzene rings is 2. The van der Waals surface area contributed by atoms with E-state index in [9.17, 15) is 13.2 Å². The normalized spacial score (nSPS) is 16.4. The summed E-state index contributed by atoms with van der Waals surface area (Å²) in [6.45, 7) is 0.730. The smallest absolute Gasteiger partial charge is 0.237 e. The van der Waals surface area contributed by atoms with Crippen LogP contribution in [0.5, 0.6) is 0 Å². The van der Waals surface area contributed by atoms with Crippen LogP contribution in [0.15, 0.2) is 60.7 Å². The first-order chi connectivity index (χ1) is 16.9. The van der Waals surface area contributed by atoms with E-state index in [4.69, 9.17) is 5.73 Å². The molecule has 5 N–H and O–H groups in total. The molecule has 0 aliphatic heterocycles. The van der Waals surface area contributed by atoms with Gasteiger partial charge in [-0.15, -0.1) is 0 Å². The van der Waals surface area contributed by atoms with Crippen molar-refractivity contribution < 1.29 is 13.2 Å². The average Bonchev–Trinajstić information content (AvgIpc) is 2.87. The quantitative estimate of drug-likeness (QED) is 0.297. The van der Waals surface area contributed by atoms with Crippen molar-refractivity contribution in [2.75, 3.05) is 24.2 Å². The second-order valence-corrected chi connectivity index (χ2v) is 11.4. The molecule has 0 bridgehead atoms. The number of rotatable bonds is 14. The maximum Gasteiger partial charge on any atom is 0.237 e. The SMILES string of the molecule is N[C@@H](CC1CCCCC1)C(=O)N[C@@H](CCc1ccccc1)CS(=O)(=O)NCCNc1ccccc1. The summed E-state index contributed by atoms with van der Waals surface area (Å²) >= 11 is 0. The van der Waals surface area contributed by atoms with Gasteiger partial charge in [0.2, 0.25) is 15.9 Å². The zero-order valence-corrected chi connectivity index (χ0v) is 21.3. The average molecular weight is 501 g/mol. The zero-order chi connectivity index (χ0) is 24.9. The Balaban J connectivity index is 1.53. The number of aryl methyl sites for hydroxylation is 1. The number of carbonyl (C=O) groups is 1. The van der Waals surface area contributed by atoms with Gasteiger partial charge in [0.15, 0.2) is 0 Å². The fourth-order valence-corrected chi connectivity index (χ4v) is 5.98. The van der Waals surface area contributed by atoms with E-state index in [1.165, 1.54) is 19.3 Å². The van der Waals surface area contributed by atoms with Gasteiger partial charge in [0.25, 0.3) is 0 Å². The molecule has 2 aromatic rings. The van der Waals surface area contributed by atoms with Crippen LogP contribution in [-0.2, 0) is 21.2 Å². The van der Waals surface area contributed by atoms with Crippen LogP contribution >= 0.6 is 0 Å². The standard InChI is InChI=1S/C27H40N4O3S/c28-26(20-23-12-6-2-7-13-23)27(32)31-25(17-16-22-10-4-1-5-11-22)21-35(33,34)30-19-18-29-24-14-8-3-9-15-24/h1,3-5,8-11,14-15,23,25-26,29-30H,2,6-7,12-13,16-21,28H2,(H,31,32)/t25-,26-/m0/s1. The molecule has 1 fully saturated rings. The summed E-state index contributed by atoms with van der Waals surface area (Å²) in [4.78, 5) is 12.9. The lowest BCUT2D eigenvalue weighted by atomic mass is 9.85. The molecule has 0 radical (unpaired) electrons. The highest BCUT2D eigenvalue weighted by molar-refractivity contribution is 7.89. The van der Waals surface area contributed by atoms with Crippen LogP contribution in [-0.4, -0.2) is 45.3 Å². The first kappa shape index (κ1) is 27.2. The van der Waals surface area contributed by atoms with Crippen LogP contribution in [0.3, 0.4) is 0 Å². The lowest BCUT2D eigenvalue weighted by Crippen LogP contribution is -2.49. The predicted molar refractivity (Wildman–Crippen MR) is 143 cm³/mol. The summed E-state index contributed by atoms with van der Waals surface area (Å²) in [5.74, 6) is 0.0527. The molecule has 0 unspecified atom stereocenters. The Bertz CT molecular complexity index is 980. The van der Waals surface area contributed by atoms with Crippen LogP contribution in [0.2, 0.25) is 0 Å². The molecular formula is C27H40N4O3S. The molecule has 1 aliphatic rings. The Hall–Kier alpha value is -2.42. The van der Waals surface area contributed by atoms with Gasteiger partial charge in [0.1, 0.15) is 0 Å². The largest absolute Gasteiger partial charge is 0.384 e. The fourth-order valence-electron chi connectivity index (χ4n) is 4.67. The predicted octanol–water partition coefficient (Wildman–Crippen LogP) is 3.43. The molecule has 1 amide bonds. The Morgan fingerprint density at radius 2 is 1.60 bits per heavy atom. The molecule has 2 aromatic carbocycles. The minimum Gasteiger partial charge on any atom is -0.384 e. The number of anilines is 1. The van der Waals surface area contributed by atoms with Gasteiger partial charge >= 0.3 is 0 Å². The zero-order valence-electron chi connectivity index (χ0n) is 20.5. The van der Waals surface area contributed by atoms with Crippen LogP contribution in [0.25, 0.3) is 0 Å². The summed E-state index contributed by atoms with van der Waals surface area (Å²) in [7, 11) is -3.58. The van der Waals surface area contributed by atoms with Crippen molar-refractivity contribution in [2.24, 2.45) is 11.7 Å². The third-order valence-corrected chi connectivity index (χ3v) is 8.08. The van der Waals surface area contributed by atoms with E-state index < -0.39 is 22.1 Å². The molecule has 0 aromatic heterocycles. The summed E-state index contributed by atoms with van der Waals surface area (Å²) in [5, 5.41) is 6.14. The molecule has 0 spiro atoms. The van der Waals surface area contributed by atoms with Gasteiger partial charge in [-0.3, -0.25) is 4.79 Å². The van der Waals surface area contributed by atoms with Crippen molar-refractivity contribution in [3.05, 3.63) is 66.2 Å². The second-order valence-electron chi connectivity index (χ2n) is 9.54. The van der Waals surface area contributed by atoms with Gasteiger partial charge in [-0.2, -0.15) is 0 Å². The molecule has 7 nitrogen and oxygen atoms in total. The van der Waals surface area contributed by atoms with Crippen molar-refractivity contribution in [1.82, 2.24) is 10.0 Å². The number of carbonyl (C=O) groups excluding carboxylic acids is 1. The number of hydrogen-bond donors (Lipinski definition) is 4. The van der Waals surface area contributed by atoms with Crippen LogP contribution in [0.4, 0.5) is 5.69 Å². The topological polar surface area (TPSA) is 113 Å². The van der Waals surface area contributed by atoms with Crippen LogP contribution < -0.4 is 21.1 Å². The number of nitrogens with two attached hydrogens (primary N) is 1. The van der Waals surface area contributed by atoms with Gasteiger partial charge in [-0.05, 0) is 42.9 Å². The van der Waals surface area contributed by atoms with Crippen LogP contribution in [0, 0.1) is 5.92 Å². The molecule has 0 saturated heterocycles. The maximum absolute atomic E-state index is 12.9. The molecule has 8 heteroatoms. The number of sulfonamides is 1. The highest BCUT2D eigenvalue weighted by Gasteiger charge is 2.25. The molecule has 3 rings (SSSR count). The minimum absolute atomic E-state index is 0.174. The number of nitrogens with one attached hydrogen (secondary N) is 3. The molecule has 1 aliphatic carbocycles. The molecule has 35 heavy (non-hydrogen) atoms. The number of hydrogen-bond acceptors (Lipinski definition) is 5. The van der Waals surface area contributed by atoms with Gasteiger partial charge < -0.3 is 16.4 Å². The van der Waals surface area contributed by atoms with E-state index in [-0.39, 0.29) is 18.2 Å². The summed E-state index contributed by atoms with van der Waals surface area (Å²) < 4.78 is 28.3. The van der Waals surface area contributed by atoms with Gasteiger partial charge in [0.05, 0.1) is 11.8 Å². The van der Waals surface area contributed by atoms with Gasteiger partial charge in [-0.1, -0.05) is 80.6 Å². The summed E-state index contributed by atoms with van der Waals surface area (Å²) in [6, 6.07) is 18.4. The molecular weight excluding hydrogens is 460 g/mol. The Morgan fingerprint density at radius 1 is 0.943 bits per heavy atom. The highest BCUT2D eigenvalue weighted by Crippen LogP contribution is 2.27. The lowest BCUT2D eigenvalue weighted by Gasteiger charge is -2.26. The molecule has 1 saturated carbocycles. The van der Waals surface area contributed by atoms with Crippen molar-refractivity contribution in [2.45, 2.75) is 63.5 Å².